The molecule has 0 aromatic heterocycles. The van der Waals surface area contributed by atoms with Crippen molar-refractivity contribution in [3.05, 3.63) is 77.9 Å². The quantitative estimate of drug-likeness (QED) is 0.415. The Morgan fingerprint density at radius 2 is 1.83 bits per heavy atom. The Morgan fingerprint density at radius 3 is 2.60 bits per heavy atom. The monoisotopic (exact) mass is 417 g/mol. The molecule has 0 spiro atoms. The molecule has 1 aliphatic heterocycles. The van der Waals surface area contributed by atoms with Crippen LogP contribution in [0.25, 0.3) is 10.8 Å². The minimum Gasteiger partial charge on any atom is -0.497 e. The molecule has 0 unspecified atom stereocenters. The predicted molar refractivity (Wildman–Crippen MR) is 124 cm³/mol. The normalized spacial score (nSPS) is 18.1. The van der Waals surface area contributed by atoms with Crippen LogP contribution in [0.4, 0.5) is 0 Å². The molecule has 1 saturated heterocycles. The van der Waals surface area contributed by atoms with E-state index in [2.05, 4.69) is 34.5 Å². The first-order valence-corrected chi connectivity index (χ1v) is 10.8. The van der Waals surface area contributed by atoms with E-state index in [1.165, 1.54) is 11.8 Å². The lowest BCUT2D eigenvalue weighted by atomic mass is 10.0. The molecule has 3 aromatic rings. The number of rotatable bonds is 6. The molecular formula is C24H23N3O2S. The first kappa shape index (κ1) is 20.2. The molecule has 5 nitrogen and oxygen atoms in total. The van der Waals surface area contributed by atoms with Crippen molar-refractivity contribution < 1.29 is 9.53 Å². The van der Waals surface area contributed by atoms with Crippen LogP contribution in [-0.4, -0.2) is 34.5 Å². The molecule has 1 atom stereocenters. The van der Waals surface area contributed by atoms with E-state index in [9.17, 15) is 4.79 Å². The molecule has 30 heavy (non-hydrogen) atoms. The van der Waals surface area contributed by atoms with E-state index in [4.69, 9.17) is 4.74 Å². The van der Waals surface area contributed by atoms with E-state index in [0.29, 0.717) is 11.7 Å². The second-order valence-corrected chi connectivity index (χ2v) is 8.15. The molecule has 1 fully saturated rings. The number of nitrogens with zero attached hydrogens (tertiary/aromatic N) is 3. The highest BCUT2D eigenvalue weighted by atomic mass is 32.2. The second kappa shape index (κ2) is 9.13. The zero-order valence-electron chi connectivity index (χ0n) is 17.0. The number of carbonyl (C=O) groups is 1. The molecular weight excluding hydrogens is 394 g/mol. The van der Waals surface area contributed by atoms with Crippen molar-refractivity contribution in [2.45, 2.75) is 25.1 Å². The number of methoxy groups -OCH3 is 1. The molecule has 1 heterocycles. The van der Waals surface area contributed by atoms with Gasteiger partial charge in [-0.3, -0.25) is 9.69 Å². The van der Waals surface area contributed by atoms with Crippen LogP contribution in [0.2, 0.25) is 0 Å². The van der Waals surface area contributed by atoms with Crippen LogP contribution in [0.1, 0.15) is 24.5 Å². The van der Waals surface area contributed by atoms with Gasteiger partial charge in [0.05, 0.1) is 25.1 Å². The van der Waals surface area contributed by atoms with Crippen molar-refractivity contribution in [1.82, 2.24) is 4.90 Å². The van der Waals surface area contributed by atoms with Gasteiger partial charge >= 0.3 is 0 Å². The number of thioether (sulfide) groups is 1. The molecule has 1 amide bonds. The van der Waals surface area contributed by atoms with Crippen LogP contribution in [0.3, 0.4) is 0 Å². The number of fused-ring (bicyclic) bond motifs is 1. The Kier molecular flexibility index (Phi) is 6.14. The number of hydrogen-bond donors (Lipinski definition) is 0. The number of ether oxygens (including phenoxy) is 1. The van der Waals surface area contributed by atoms with Gasteiger partial charge in [0.1, 0.15) is 5.75 Å². The Labute approximate surface area is 180 Å². The molecule has 0 saturated carbocycles. The van der Waals surface area contributed by atoms with Crippen molar-refractivity contribution in [1.29, 1.82) is 0 Å². The summed E-state index contributed by atoms with van der Waals surface area (Å²) >= 11 is 1.49. The number of carbonyl (C=O) groups excluding carboxylic acids is 1. The van der Waals surface area contributed by atoms with Crippen LogP contribution in [0, 0.1) is 0 Å². The maximum atomic E-state index is 12.9. The van der Waals surface area contributed by atoms with Gasteiger partial charge < -0.3 is 4.74 Å². The maximum Gasteiger partial charge on any atom is 0.242 e. The summed E-state index contributed by atoms with van der Waals surface area (Å²) in [5.41, 5.74) is 2.02. The minimum atomic E-state index is -0.116. The Morgan fingerprint density at radius 1 is 1.07 bits per heavy atom. The average Bonchev–Trinajstić information content (AvgIpc) is 3.09. The third-order valence-electron chi connectivity index (χ3n) is 5.07. The Bertz CT molecular complexity index is 1100. The van der Waals surface area contributed by atoms with Crippen LogP contribution >= 0.6 is 11.8 Å². The summed E-state index contributed by atoms with van der Waals surface area (Å²) in [5, 5.41) is 11.5. The van der Waals surface area contributed by atoms with E-state index >= 15 is 0 Å². The summed E-state index contributed by atoms with van der Waals surface area (Å²) in [5.74, 6) is 0.885. The molecule has 0 aliphatic carbocycles. The van der Waals surface area contributed by atoms with E-state index < -0.39 is 0 Å². The predicted octanol–water partition coefficient (Wildman–Crippen LogP) is 5.09. The van der Waals surface area contributed by atoms with Crippen molar-refractivity contribution in [3.8, 4) is 5.75 Å². The van der Waals surface area contributed by atoms with Crippen molar-refractivity contribution in [3.63, 3.8) is 0 Å². The highest BCUT2D eigenvalue weighted by Crippen LogP contribution is 2.32. The molecule has 0 bridgehead atoms. The van der Waals surface area contributed by atoms with Gasteiger partial charge in [0.25, 0.3) is 0 Å². The largest absolute Gasteiger partial charge is 0.497 e. The first-order chi connectivity index (χ1) is 14.7. The summed E-state index contributed by atoms with van der Waals surface area (Å²) in [6.07, 6.45) is 2.45. The van der Waals surface area contributed by atoms with E-state index in [-0.39, 0.29) is 11.2 Å². The molecule has 0 radical (unpaired) electrons. The molecule has 1 aliphatic rings. The molecule has 6 heteroatoms. The SMILES string of the molecule is CC[C@@H]1S/C(=N\N=C/c2ccc(OC)cc2)N(Cc2cccc3ccccc23)C1=O. The Balaban J connectivity index is 1.59. The lowest BCUT2D eigenvalue weighted by Gasteiger charge is -2.17. The smallest absolute Gasteiger partial charge is 0.242 e. The number of hydrogen-bond acceptors (Lipinski definition) is 5. The fraction of sp³-hybridized carbons (Fsp3) is 0.208. The van der Waals surface area contributed by atoms with Crippen LogP contribution in [-0.2, 0) is 11.3 Å². The number of benzene rings is 3. The summed E-state index contributed by atoms with van der Waals surface area (Å²) in [7, 11) is 1.64. The standard InChI is InChI=1S/C24H23N3O2S/c1-3-22-23(28)27(16-19-9-6-8-18-7-4-5-10-21(18)19)24(30-22)26-25-15-17-11-13-20(29-2)14-12-17/h4-15,22H,3,16H2,1-2H3/b25-15-,26-24-/t22-/m0/s1. The van der Waals surface area contributed by atoms with Gasteiger partial charge in [0, 0.05) is 0 Å². The fourth-order valence-corrected chi connectivity index (χ4v) is 4.45. The number of amides is 1. The third-order valence-corrected chi connectivity index (χ3v) is 6.40. The molecule has 152 valence electrons. The summed E-state index contributed by atoms with van der Waals surface area (Å²) < 4.78 is 5.17. The van der Waals surface area contributed by atoms with Crippen LogP contribution < -0.4 is 4.74 Å². The third kappa shape index (κ3) is 4.24. The summed E-state index contributed by atoms with van der Waals surface area (Å²) in [6.45, 7) is 2.51. The highest BCUT2D eigenvalue weighted by molar-refractivity contribution is 8.15. The van der Waals surface area contributed by atoms with Gasteiger partial charge in [-0.05, 0) is 52.6 Å². The second-order valence-electron chi connectivity index (χ2n) is 6.98. The van der Waals surface area contributed by atoms with Gasteiger partial charge in [0.2, 0.25) is 5.91 Å². The van der Waals surface area contributed by atoms with E-state index in [1.54, 1.807) is 18.2 Å². The van der Waals surface area contributed by atoms with Crippen molar-refractivity contribution in [2.24, 2.45) is 10.2 Å². The maximum absolute atomic E-state index is 12.9. The van der Waals surface area contributed by atoms with E-state index in [0.717, 1.165) is 34.1 Å². The fourth-order valence-electron chi connectivity index (χ4n) is 3.43. The van der Waals surface area contributed by atoms with Crippen LogP contribution in [0.5, 0.6) is 5.75 Å². The number of amidine groups is 1. The lowest BCUT2D eigenvalue weighted by Crippen LogP contribution is -2.31. The zero-order valence-corrected chi connectivity index (χ0v) is 17.8. The van der Waals surface area contributed by atoms with Gasteiger partial charge in [-0.1, -0.05) is 61.2 Å². The van der Waals surface area contributed by atoms with Gasteiger partial charge in [0.15, 0.2) is 5.17 Å². The topological polar surface area (TPSA) is 54.3 Å². The van der Waals surface area contributed by atoms with Crippen LogP contribution in [0.15, 0.2) is 76.9 Å². The van der Waals surface area contributed by atoms with E-state index in [1.807, 2.05) is 49.4 Å². The van der Waals surface area contributed by atoms with Gasteiger partial charge in [-0.2, -0.15) is 5.10 Å². The summed E-state index contributed by atoms with van der Waals surface area (Å²) in [4.78, 5) is 14.7. The molecule has 3 aromatic carbocycles. The average molecular weight is 418 g/mol. The van der Waals surface area contributed by atoms with Crippen molar-refractivity contribution >= 4 is 39.8 Å². The summed E-state index contributed by atoms with van der Waals surface area (Å²) in [6, 6.07) is 22.0. The minimum absolute atomic E-state index is 0.0915. The highest BCUT2D eigenvalue weighted by Gasteiger charge is 2.37. The Hall–Kier alpha value is -3.12. The first-order valence-electron chi connectivity index (χ1n) is 9.89. The molecule has 4 rings (SSSR count). The van der Waals surface area contributed by atoms with Gasteiger partial charge in [-0.25, -0.2) is 0 Å². The molecule has 0 N–H and O–H groups in total. The van der Waals surface area contributed by atoms with Crippen molar-refractivity contribution in [2.75, 3.05) is 7.11 Å². The lowest BCUT2D eigenvalue weighted by molar-refractivity contribution is -0.126. The van der Waals surface area contributed by atoms with Gasteiger partial charge in [-0.15, -0.1) is 5.10 Å². The zero-order chi connectivity index (χ0) is 20.9.